The molecule has 0 saturated heterocycles. The van der Waals surface area contributed by atoms with Gasteiger partial charge in [-0.2, -0.15) is 0 Å². The molecule has 108 valence electrons. The Labute approximate surface area is 122 Å². The third kappa shape index (κ3) is 2.21. The van der Waals surface area contributed by atoms with Gasteiger partial charge in [-0.3, -0.25) is 4.57 Å². The van der Waals surface area contributed by atoms with E-state index in [4.69, 9.17) is 0 Å². The Hall–Kier alpha value is -2.20. The lowest BCUT2D eigenvalue weighted by Crippen LogP contribution is -2.04. The summed E-state index contributed by atoms with van der Waals surface area (Å²) < 4.78 is 15.9. The number of aromatic nitrogens is 2. The van der Waals surface area contributed by atoms with E-state index >= 15 is 0 Å². The third-order valence-corrected chi connectivity index (χ3v) is 3.87. The number of benzene rings is 2. The number of imidazole rings is 1. The summed E-state index contributed by atoms with van der Waals surface area (Å²) in [4.78, 5) is 4.39. The standard InChI is InChI=1S/C17H17FN2O/c1-10-7-14-16(8-11(10)2)20(9-19-14)15-6-4-5-13(18)17(15)12(3)21/h4-9,12,21H,1-3H3. The van der Waals surface area contributed by atoms with Crippen LogP contribution in [0.1, 0.15) is 29.7 Å². The van der Waals surface area contributed by atoms with Gasteiger partial charge in [-0.05, 0) is 56.2 Å². The molecule has 21 heavy (non-hydrogen) atoms. The predicted molar refractivity (Wildman–Crippen MR) is 81.1 cm³/mol. The van der Waals surface area contributed by atoms with Gasteiger partial charge in [0.2, 0.25) is 0 Å². The van der Waals surface area contributed by atoms with Crippen molar-refractivity contribution in [3.8, 4) is 5.69 Å². The number of hydrogen-bond donors (Lipinski definition) is 1. The van der Waals surface area contributed by atoms with Crippen LogP contribution in [0.5, 0.6) is 0 Å². The van der Waals surface area contributed by atoms with E-state index in [1.807, 2.05) is 30.5 Å². The fourth-order valence-corrected chi connectivity index (χ4v) is 2.61. The van der Waals surface area contributed by atoms with Crippen LogP contribution >= 0.6 is 0 Å². The summed E-state index contributed by atoms with van der Waals surface area (Å²) in [6.07, 6.45) is 0.787. The summed E-state index contributed by atoms with van der Waals surface area (Å²) in [5, 5.41) is 9.88. The number of rotatable bonds is 2. The van der Waals surface area contributed by atoms with Crippen molar-refractivity contribution in [2.45, 2.75) is 26.9 Å². The Bertz CT molecular complexity index is 821. The Morgan fingerprint density at radius 1 is 1.19 bits per heavy atom. The quantitative estimate of drug-likeness (QED) is 0.776. The molecule has 1 unspecified atom stereocenters. The van der Waals surface area contributed by atoms with Crippen LogP contribution < -0.4 is 0 Å². The van der Waals surface area contributed by atoms with Crippen LogP contribution in [0.4, 0.5) is 4.39 Å². The molecular formula is C17H17FN2O. The van der Waals surface area contributed by atoms with Crippen LogP contribution in [0.3, 0.4) is 0 Å². The van der Waals surface area contributed by atoms with Crippen molar-refractivity contribution >= 4 is 11.0 Å². The monoisotopic (exact) mass is 284 g/mol. The fourth-order valence-electron chi connectivity index (χ4n) is 2.61. The van der Waals surface area contributed by atoms with E-state index in [9.17, 15) is 9.50 Å². The van der Waals surface area contributed by atoms with Gasteiger partial charge >= 0.3 is 0 Å². The van der Waals surface area contributed by atoms with Crippen LogP contribution in [-0.2, 0) is 0 Å². The second-order valence-corrected chi connectivity index (χ2v) is 5.39. The van der Waals surface area contributed by atoms with Crippen molar-refractivity contribution in [2.24, 2.45) is 0 Å². The molecule has 1 atom stereocenters. The molecule has 0 saturated carbocycles. The first-order valence-corrected chi connectivity index (χ1v) is 6.90. The Balaban J connectivity index is 2.31. The zero-order valence-corrected chi connectivity index (χ0v) is 12.3. The van der Waals surface area contributed by atoms with Gasteiger partial charge in [0.1, 0.15) is 12.1 Å². The molecule has 0 bridgehead atoms. The van der Waals surface area contributed by atoms with Crippen molar-refractivity contribution in [1.82, 2.24) is 9.55 Å². The molecule has 1 heterocycles. The highest BCUT2D eigenvalue weighted by Crippen LogP contribution is 2.28. The Morgan fingerprint density at radius 2 is 1.90 bits per heavy atom. The predicted octanol–water partition coefficient (Wildman–Crippen LogP) is 3.83. The maximum absolute atomic E-state index is 14.0. The van der Waals surface area contributed by atoms with E-state index in [-0.39, 0.29) is 5.56 Å². The van der Waals surface area contributed by atoms with Gasteiger partial charge < -0.3 is 5.11 Å². The van der Waals surface area contributed by atoms with E-state index in [2.05, 4.69) is 4.98 Å². The number of aryl methyl sites for hydroxylation is 2. The van der Waals surface area contributed by atoms with E-state index in [1.165, 1.54) is 11.6 Å². The molecular weight excluding hydrogens is 267 g/mol. The molecule has 1 N–H and O–H groups in total. The van der Waals surface area contributed by atoms with Crippen molar-refractivity contribution in [1.29, 1.82) is 0 Å². The van der Waals surface area contributed by atoms with Crippen molar-refractivity contribution in [2.75, 3.05) is 0 Å². The number of fused-ring (bicyclic) bond motifs is 1. The maximum atomic E-state index is 14.0. The van der Waals surface area contributed by atoms with E-state index < -0.39 is 11.9 Å². The fraction of sp³-hybridized carbons (Fsp3) is 0.235. The summed E-state index contributed by atoms with van der Waals surface area (Å²) in [6, 6.07) is 8.85. The largest absolute Gasteiger partial charge is 0.389 e. The smallest absolute Gasteiger partial charge is 0.131 e. The van der Waals surface area contributed by atoms with Crippen LogP contribution in [0.15, 0.2) is 36.7 Å². The van der Waals surface area contributed by atoms with Crippen LogP contribution in [0, 0.1) is 19.7 Å². The summed E-state index contributed by atoms with van der Waals surface area (Å²) in [7, 11) is 0. The van der Waals surface area contributed by atoms with Gasteiger partial charge in [0.05, 0.1) is 22.8 Å². The highest BCUT2D eigenvalue weighted by Gasteiger charge is 2.16. The zero-order chi connectivity index (χ0) is 15.1. The minimum atomic E-state index is -0.884. The number of hydrogen-bond acceptors (Lipinski definition) is 2. The molecule has 3 nitrogen and oxygen atoms in total. The van der Waals surface area contributed by atoms with Gasteiger partial charge in [0.15, 0.2) is 0 Å². The average Bonchev–Trinajstić information content (AvgIpc) is 2.81. The normalized spacial score (nSPS) is 12.8. The first kappa shape index (κ1) is 13.8. The summed E-state index contributed by atoms with van der Waals surface area (Å²) in [5.41, 5.74) is 5.00. The minimum absolute atomic E-state index is 0.287. The number of halogens is 1. The summed E-state index contributed by atoms with van der Waals surface area (Å²) in [6.45, 7) is 5.64. The van der Waals surface area contributed by atoms with Crippen LogP contribution in [-0.4, -0.2) is 14.7 Å². The molecule has 0 fully saturated rings. The molecule has 0 spiro atoms. The van der Waals surface area contributed by atoms with Crippen molar-refractivity contribution in [3.05, 3.63) is 59.2 Å². The first-order valence-electron chi connectivity index (χ1n) is 6.90. The maximum Gasteiger partial charge on any atom is 0.131 e. The lowest BCUT2D eigenvalue weighted by atomic mass is 10.1. The summed E-state index contributed by atoms with van der Waals surface area (Å²) in [5.74, 6) is -0.409. The summed E-state index contributed by atoms with van der Waals surface area (Å²) >= 11 is 0. The lowest BCUT2D eigenvalue weighted by Gasteiger charge is -2.14. The highest BCUT2D eigenvalue weighted by molar-refractivity contribution is 5.79. The molecule has 0 aliphatic heterocycles. The molecule has 0 aliphatic rings. The Morgan fingerprint density at radius 3 is 2.62 bits per heavy atom. The molecule has 3 aromatic rings. The molecule has 0 radical (unpaired) electrons. The first-order chi connectivity index (χ1) is 9.99. The van der Waals surface area contributed by atoms with Crippen molar-refractivity contribution < 1.29 is 9.50 Å². The molecule has 1 aromatic heterocycles. The second kappa shape index (κ2) is 4.97. The third-order valence-electron chi connectivity index (χ3n) is 3.87. The van der Waals surface area contributed by atoms with E-state index in [0.29, 0.717) is 5.69 Å². The topological polar surface area (TPSA) is 38.0 Å². The average molecular weight is 284 g/mol. The van der Waals surface area contributed by atoms with Gasteiger partial charge in [0.25, 0.3) is 0 Å². The second-order valence-electron chi connectivity index (χ2n) is 5.39. The van der Waals surface area contributed by atoms with Gasteiger partial charge in [0, 0.05) is 5.56 Å². The molecule has 2 aromatic carbocycles. The minimum Gasteiger partial charge on any atom is -0.389 e. The number of aliphatic hydroxyl groups is 1. The SMILES string of the molecule is Cc1cc2ncn(-c3cccc(F)c3C(C)O)c2cc1C. The van der Waals surface area contributed by atoms with Gasteiger partial charge in [-0.1, -0.05) is 6.07 Å². The van der Waals surface area contributed by atoms with Gasteiger partial charge in [-0.25, -0.2) is 9.37 Å². The van der Waals surface area contributed by atoms with Crippen molar-refractivity contribution in [3.63, 3.8) is 0 Å². The lowest BCUT2D eigenvalue weighted by molar-refractivity contribution is 0.194. The molecule has 4 heteroatoms. The van der Waals surface area contributed by atoms with Gasteiger partial charge in [-0.15, -0.1) is 0 Å². The molecule has 3 rings (SSSR count). The van der Waals surface area contributed by atoms with E-state index in [0.717, 1.165) is 16.6 Å². The van der Waals surface area contributed by atoms with E-state index in [1.54, 1.807) is 25.4 Å². The highest BCUT2D eigenvalue weighted by atomic mass is 19.1. The zero-order valence-electron chi connectivity index (χ0n) is 12.3. The molecule has 0 amide bonds. The Kier molecular flexibility index (Phi) is 3.26. The van der Waals surface area contributed by atoms with Crippen LogP contribution in [0.2, 0.25) is 0 Å². The van der Waals surface area contributed by atoms with Crippen LogP contribution in [0.25, 0.3) is 16.7 Å². The number of nitrogens with zero attached hydrogens (tertiary/aromatic N) is 2. The number of aliphatic hydroxyl groups excluding tert-OH is 1. The molecule has 0 aliphatic carbocycles.